The van der Waals surface area contributed by atoms with Crippen molar-refractivity contribution in [2.24, 2.45) is 0 Å². The van der Waals surface area contributed by atoms with E-state index in [-0.39, 0.29) is 11.7 Å². The highest BCUT2D eigenvalue weighted by molar-refractivity contribution is 7.99. The minimum atomic E-state index is -0.154. The summed E-state index contributed by atoms with van der Waals surface area (Å²) in [6, 6.07) is 12.9. The number of amides is 1. The lowest BCUT2D eigenvalue weighted by molar-refractivity contribution is -0.113. The summed E-state index contributed by atoms with van der Waals surface area (Å²) in [6.07, 6.45) is 0. The third kappa shape index (κ3) is 3.69. The first-order valence-electron chi connectivity index (χ1n) is 7.41. The number of aromatic nitrogens is 2. The zero-order valence-corrected chi connectivity index (χ0v) is 15.3. The van der Waals surface area contributed by atoms with Gasteiger partial charge < -0.3 is 9.88 Å². The first-order valence-corrected chi connectivity index (χ1v) is 9.15. The molecule has 0 bridgehead atoms. The van der Waals surface area contributed by atoms with E-state index in [2.05, 4.69) is 21.8 Å². The van der Waals surface area contributed by atoms with Crippen LogP contribution < -0.4 is 5.32 Å². The van der Waals surface area contributed by atoms with Crippen molar-refractivity contribution in [1.29, 1.82) is 0 Å². The van der Waals surface area contributed by atoms with Gasteiger partial charge in [-0.15, -0.1) is 0 Å². The molecule has 0 saturated heterocycles. The van der Waals surface area contributed by atoms with Gasteiger partial charge in [-0.2, -0.15) is 0 Å². The highest BCUT2D eigenvalue weighted by Crippen LogP contribution is 2.27. The molecular formula is C17H15Cl2N3OS. The monoisotopic (exact) mass is 379 g/mol. The number of hydrogen-bond donors (Lipinski definition) is 1. The minimum absolute atomic E-state index is 0.154. The van der Waals surface area contributed by atoms with E-state index in [0.29, 0.717) is 15.7 Å². The Hall–Kier alpha value is -1.69. The molecule has 1 N–H and O–H groups in total. The molecular weight excluding hydrogens is 365 g/mol. The number of aryl methyl sites for hydroxylation is 1. The van der Waals surface area contributed by atoms with Crippen LogP contribution in [0.15, 0.2) is 47.6 Å². The van der Waals surface area contributed by atoms with Gasteiger partial charge >= 0.3 is 0 Å². The number of nitrogens with one attached hydrogen (secondary N) is 1. The van der Waals surface area contributed by atoms with Crippen molar-refractivity contribution in [3.8, 4) is 0 Å². The number of hydrogen-bond acceptors (Lipinski definition) is 3. The first kappa shape index (κ1) is 17.1. The first-order chi connectivity index (χ1) is 11.6. The van der Waals surface area contributed by atoms with Crippen LogP contribution in [0.25, 0.3) is 11.0 Å². The number of benzene rings is 2. The van der Waals surface area contributed by atoms with Crippen LogP contribution in [-0.4, -0.2) is 21.2 Å². The molecule has 3 aromatic rings. The highest BCUT2D eigenvalue weighted by Gasteiger charge is 2.12. The van der Waals surface area contributed by atoms with Gasteiger partial charge in [-0.3, -0.25) is 4.79 Å². The molecule has 24 heavy (non-hydrogen) atoms. The Bertz CT molecular complexity index is 895. The van der Waals surface area contributed by atoms with Crippen LogP contribution in [0.1, 0.15) is 6.92 Å². The zero-order chi connectivity index (χ0) is 17.1. The predicted molar refractivity (Wildman–Crippen MR) is 101 cm³/mol. The molecule has 3 rings (SSSR count). The van der Waals surface area contributed by atoms with Gasteiger partial charge in [0.15, 0.2) is 5.16 Å². The van der Waals surface area contributed by atoms with E-state index in [1.165, 1.54) is 11.8 Å². The second kappa shape index (κ2) is 7.47. The molecule has 1 amide bonds. The average molecular weight is 380 g/mol. The van der Waals surface area contributed by atoms with Gasteiger partial charge in [-0.25, -0.2) is 4.98 Å². The lowest BCUT2D eigenvalue weighted by Crippen LogP contribution is -2.15. The molecule has 0 unspecified atom stereocenters. The molecule has 0 aliphatic rings. The molecule has 0 fully saturated rings. The van der Waals surface area contributed by atoms with Gasteiger partial charge in [0.25, 0.3) is 0 Å². The third-order valence-corrected chi connectivity index (χ3v) is 5.01. The lowest BCUT2D eigenvalue weighted by Gasteiger charge is -2.08. The van der Waals surface area contributed by atoms with Crippen molar-refractivity contribution in [1.82, 2.24) is 9.55 Å². The minimum Gasteiger partial charge on any atom is -0.324 e. The van der Waals surface area contributed by atoms with Gasteiger partial charge in [0.2, 0.25) is 5.91 Å². The Morgan fingerprint density at radius 3 is 2.83 bits per heavy atom. The number of nitrogens with zero attached hydrogens (tertiary/aromatic N) is 2. The number of fused-ring (bicyclic) bond motifs is 1. The summed E-state index contributed by atoms with van der Waals surface area (Å²) in [5, 5.41) is 4.58. The molecule has 0 atom stereocenters. The van der Waals surface area contributed by atoms with Gasteiger partial charge in [0.05, 0.1) is 27.5 Å². The summed E-state index contributed by atoms with van der Waals surface area (Å²) in [4.78, 5) is 16.8. The maximum atomic E-state index is 12.2. The smallest absolute Gasteiger partial charge is 0.234 e. The molecule has 4 nitrogen and oxygen atoms in total. The molecule has 0 saturated carbocycles. The Kier molecular flexibility index (Phi) is 5.33. The third-order valence-electron chi connectivity index (χ3n) is 3.47. The number of anilines is 1. The van der Waals surface area contributed by atoms with E-state index in [0.717, 1.165) is 22.7 Å². The van der Waals surface area contributed by atoms with E-state index < -0.39 is 0 Å². The SMILES string of the molecule is CCn1c(SCC(=O)Nc2cc(Cl)ccc2Cl)nc2ccccc21. The number of imidazole rings is 1. The van der Waals surface area contributed by atoms with Gasteiger partial charge in [-0.1, -0.05) is 47.1 Å². The number of carbonyl (C=O) groups is 1. The van der Waals surface area contributed by atoms with Crippen molar-refractivity contribution in [3.05, 3.63) is 52.5 Å². The van der Waals surface area contributed by atoms with Crippen LogP contribution in [0.5, 0.6) is 0 Å². The Labute approximate surface area is 154 Å². The molecule has 0 radical (unpaired) electrons. The molecule has 1 heterocycles. The van der Waals surface area contributed by atoms with Crippen LogP contribution in [0.4, 0.5) is 5.69 Å². The van der Waals surface area contributed by atoms with Crippen LogP contribution in [0.2, 0.25) is 10.0 Å². The largest absolute Gasteiger partial charge is 0.324 e. The molecule has 2 aromatic carbocycles. The lowest BCUT2D eigenvalue weighted by atomic mass is 10.3. The summed E-state index contributed by atoms with van der Waals surface area (Å²) in [5.74, 6) is 0.0884. The molecule has 7 heteroatoms. The molecule has 124 valence electrons. The maximum absolute atomic E-state index is 12.2. The number of thioether (sulfide) groups is 1. The molecule has 1 aromatic heterocycles. The van der Waals surface area contributed by atoms with Crippen LogP contribution in [0.3, 0.4) is 0 Å². The highest BCUT2D eigenvalue weighted by atomic mass is 35.5. The summed E-state index contributed by atoms with van der Waals surface area (Å²) in [6.45, 7) is 2.86. The van der Waals surface area contributed by atoms with Crippen molar-refractivity contribution in [3.63, 3.8) is 0 Å². The molecule has 0 aliphatic heterocycles. The summed E-state index contributed by atoms with van der Waals surface area (Å²) >= 11 is 13.4. The van der Waals surface area contributed by atoms with Gasteiger partial charge in [-0.05, 0) is 37.3 Å². The fraction of sp³-hybridized carbons (Fsp3) is 0.176. The maximum Gasteiger partial charge on any atom is 0.234 e. The van der Waals surface area contributed by atoms with Gasteiger partial charge in [0, 0.05) is 11.6 Å². The van der Waals surface area contributed by atoms with Crippen molar-refractivity contribution < 1.29 is 4.79 Å². The summed E-state index contributed by atoms with van der Waals surface area (Å²) in [5.41, 5.74) is 2.51. The number of para-hydroxylation sites is 2. The van der Waals surface area contributed by atoms with Gasteiger partial charge in [0.1, 0.15) is 0 Å². The molecule has 0 spiro atoms. The summed E-state index contributed by atoms with van der Waals surface area (Å²) < 4.78 is 2.10. The number of carbonyl (C=O) groups excluding carboxylic acids is 1. The summed E-state index contributed by atoms with van der Waals surface area (Å²) in [7, 11) is 0. The quantitative estimate of drug-likeness (QED) is 0.627. The van der Waals surface area contributed by atoms with Crippen LogP contribution in [-0.2, 0) is 11.3 Å². The van der Waals surface area contributed by atoms with E-state index >= 15 is 0 Å². The fourth-order valence-electron chi connectivity index (χ4n) is 2.38. The Balaban J connectivity index is 1.71. The van der Waals surface area contributed by atoms with E-state index in [4.69, 9.17) is 23.2 Å². The number of halogens is 2. The average Bonchev–Trinajstić information content (AvgIpc) is 2.94. The van der Waals surface area contributed by atoms with Crippen molar-refractivity contribution in [2.45, 2.75) is 18.6 Å². The van der Waals surface area contributed by atoms with E-state index in [9.17, 15) is 4.79 Å². The normalized spacial score (nSPS) is 11.0. The predicted octanol–water partition coefficient (Wildman–Crippen LogP) is 5.09. The molecule has 0 aliphatic carbocycles. The second-order valence-electron chi connectivity index (χ2n) is 5.09. The van der Waals surface area contributed by atoms with E-state index in [1.54, 1.807) is 18.2 Å². The fourth-order valence-corrected chi connectivity index (χ4v) is 3.59. The Morgan fingerprint density at radius 2 is 2.04 bits per heavy atom. The standard InChI is InChI=1S/C17H15Cl2N3OS/c1-2-22-15-6-4-3-5-13(15)21-17(22)24-10-16(23)20-14-9-11(18)7-8-12(14)19/h3-9H,2,10H2,1H3,(H,20,23). The van der Waals surface area contributed by atoms with Crippen molar-refractivity contribution >= 4 is 57.6 Å². The second-order valence-corrected chi connectivity index (χ2v) is 6.87. The van der Waals surface area contributed by atoms with E-state index in [1.807, 2.05) is 24.3 Å². The van der Waals surface area contributed by atoms with Crippen molar-refractivity contribution in [2.75, 3.05) is 11.1 Å². The topological polar surface area (TPSA) is 46.9 Å². The Morgan fingerprint density at radius 1 is 1.25 bits per heavy atom. The number of rotatable bonds is 5. The zero-order valence-electron chi connectivity index (χ0n) is 12.9. The van der Waals surface area contributed by atoms with Crippen LogP contribution >= 0.6 is 35.0 Å². The van der Waals surface area contributed by atoms with Crippen LogP contribution in [0, 0.1) is 0 Å².